The van der Waals surface area contributed by atoms with Gasteiger partial charge in [0.1, 0.15) is 18.1 Å². The van der Waals surface area contributed by atoms with Crippen LogP contribution in [-0.4, -0.2) is 11.9 Å². The Labute approximate surface area is 152 Å². The number of rotatable bonds is 6. The minimum absolute atomic E-state index is 0.602. The molecule has 0 aromatic heterocycles. The van der Waals surface area contributed by atoms with Gasteiger partial charge in [-0.1, -0.05) is 59.6 Å². The Kier molecular flexibility index (Phi) is 5.97. The summed E-state index contributed by atoms with van der Waals surface area (Å²) in [5.41, 5.74) is 4.83. The van der Waals surface area contributed by atoms with Gasteiger partial charge in [0, 0.05) is 10.9 Å². The minimum Gasteiger partial charge on any atom is -0.494 e. The minimum atomic E-state index is 0.602. The molecule has 0 fully saturated rings. The number of ether oxygens (including phenoxy) is 2. The molecule has 0 atom stereocenters. The molecule has 2 aromatic rings. The van der Waals surface area contributed by atoms with Crippen molar-refractivity contribution in [1.82, 2.24) is 0 Å². The van der Waals surface area contributed by atoms with Crippen LogP contribution < -0.4 is 9.47 Å². The van der Waals surface area contributed by atoms with Crippen molar-refractivity contribution in [2.45, 2.75) is 32.8 Å². The normalized spacial score (nSPS) is 14.5. The molecule has 2 aromatic carbocycles. The lowest BCUT2D eigenvalue weighted by Crippen LogP contribution is -1.98. The summed E-state index contributed by atoms with van der Waals surface area (Å²) in [6.45, 7) is 3.53. The number of alkyl halides is 1. The Morgan fingerprint density at radius 3 is 2.88 bits per heavy atom. The lowest BCUT2D eigenvalue weighted by molar-refractivity contribution is 0.299. The maximum absolute atomic E-state index is 6.06. The van der Waals surface area contributed by atoms with Gasteiger partial charge in [-0.3, -0.25) is 0 Å². The third-order valence-electron chi connectivity index (χ3n) is 4.16. The summed E-state index contributed by atoms with van der Waals surface area (Å²) < 4.78 is 12.0. The zero-order chi connectivity index (χ0) is 16.8. The van der Waals surface area contributed by atoms with E-state index in [-0.39, 0.29) is 0 Å². The molecular formula is C21H23BrO2. The third kappa shape index (κ3) is 3.84. The van der Waals surface area contributed by atoms with Crippen molar-refractivity contribution in [3.63, 3.8) is 0 Å². The SMILES string of the molecule is CCCCOc1ccc2c(c1)/C(=C/CCBr)c1ccccc1CO2. The number of halogens is 1. The van der Waals surface area contributed by atoms with Gasteiger partial charge in [0.25, 0.3) is 0 Å². The highest BCUT2D eigenvalue weighted by atomic mass is 79.9. The van der Waals surface area contributed by atoms with E-state index in [1.807, 2.05) is 12.1 Å². The van der Waals surface area contributed by atoms with Crippen LogP contribution in [0.3, 0.4) is 0 Å². The summed E-state index contributed by atoms with van der Waals surface area (Å²) in [5.74, 6) is 1.84. The molecule has 1 aliphatic rings. The van der Waals surface area contributed by atoms with Crippen LogP contribution in [-0.2, 0) is 6.61 Å². The van der Waals surface area contributed by atoms with Crippen molar-refractivity contribution in [3.8, 4) is 11.5 Å². The molecule has 0 unspecified atom stereocenters. The Morgan fingerprint density at radius 1 is 1.17 bits per heavy atom. The molecule has 3 heteroatoms. The molecule has 1 heterocycles. The van der Waals surface area contributed by atoms with Gasteiger partial charge >= 0.3 is 0 Å². The Bertz CT molecular complexity index is 722. The molecule has 0 saturated heterocycles. The standard InChI is InChI=1S/C21H23BrO2/c1-2-3-13-23-17-10-11-21-20(14-17)19(9-6-12-22)18-8-5-4-7-16(18)15-24-21/h4-5,7-11,14H,2-3,6,12-13,15H2,1H3/b19-9+. The summed E-state index contributed by atoms with van der Waals surface area (Å²) in [7, 11) is 0. The second kappa shape index (κ2) is 8.39. The topological polar surface area (TPSA) is 18.5 Å². The Morgan fingerprint density at radius 2 is 2.04 bits per heavy atom. The highest BCUT2D eigenvalue weighted by molar-refractivity contribution is 9.09. The van der Waals surface area contributed by atoms with Crippen LogP contribution in [0.2, 0.25) is 0 Å². The van der Waals surface area contributed by atoms with E-state index in [0.29, 0.717) is 6.61 Å². The lowest BCUT2D eigenvalue weighted by atomic mass is 9.93. The van der Waals surface area contributed by atoms with Crippen molar-refractivity contribution >= 4 is 21.5 Å². The van der Waals surface area contributed by atoms with Gasteiger partial charge in [-0.2, -0.15) is 0 Å². The van der Waals surface area contributed by atoms with E-state index in [9.17, 15) is 0 Å². The summed E-state index contributed by atoms with van der Waals surface area (Å²) >= 11 is 3.53. The molecule has 0 saturated carbocycles. The maximum Gasteiger partial charge on any atom is 0.127 e. The van der Waals surface area contributed by atoms with Crippen LogP contribution in [0.25, 0.3) is 5.57 Å². The fourth-order valence-corrected chi connectivity index (χ4v) is 3.13. The molecule has 126 valence electrons. The quantitative estimate of drug-likeness (QED) is 0.449. The zero-order valence-corrected chi connectivity index (χ0v) is 15.6. The second-order valence-electron chi connectivity index (χ2n) is 5.90. The van der Waals surface area contributed by atoms with Crippen LogP contribution >= 0.6 is 15.9 Å². The molecule has 0 bridgehead atoms. The van der Waals surface area contributed by atoms with Crippen LogP contribution in [0.4, 0.5) is 0 Å². The van der Waals surface area contributed by atoms with Gasteiger partial charge in [-0.15, -0.1) is 0 Å². The molecular weight excluding hydrogens is 364 g/mol. The first kappa shape index (κ1) is 17.1. The van der Waals surface area contributed by atoms with Crippen LogP contribution in [0.1, 0.15) is 42.9 Å². The molecule has 2 nitrogen and oxygen atoms in total. The molecule has 0 aliphatic carbocycles. The number of hydrogen-bond acceptors (Lipinski definition) is 2. The predicted molar refractivity (Wildman–Crippen MR) is 103 cm³/mol. The third-order valence-corrected chi connectivity index (χ3v) is 4.61. The molecule has 1 aliphatic heterocycles. The summed E-state index contributed by atoms with van der Waals surface area (Å²) in [5, 5.41) is 0.946. The van der Waals surface area contributed by atoms with Gasteiger partial charge in [0.2, 0.25) is 0 Å². The van der Waals surface area contributed by atoms with Gasteiger partial charge in [-0.05, 0) is 47.7 Å². The lowest BCUT2D eigenvalue weighted by Gasteiger charge is -2.13. The molecule has 0 amide bonds. The fraction of sp³-hybridized carbons (Fsp3) is 0.333. The number of allylic oxidation sites excluding steroid dienone is 1. The van der Waals surface area contributed by atoms with Gasteiger partial charge in [0.15, 0.2) is 0 Å². The van der Waals surface area contributed by atoms with E-state index in [2.05, 4.69) is 59.3 Å². The maximum atomic E-state index is 6.06. The summed E-state index contributed by atoms with van der Waals surface area (Å²) in [6.07, 6.45) is 5.47. The molecule has 0 spiro atoms. The highest BCUT2D eigenvalue weighted by Gasteiger charge is 2.19. The largest absolute Gasteiger partial charge is 0.494 e. The molecule has 3 rings (SSSR count). The highest BCUT2D eigenvalue weighted by Crippen LogP contribution is 2.39. The summed E-state index contributed by atoms with van der Waals surface area (Å²) in [4.78, 5) is 0. The van der Waals surface area contributed by atoms with Crippen molar-refractivity contribution in [1.29, 1.82) is 0 Å². The van der Waals surface area contributed by atoms with Crippen molar-refractivity contribution in [2.24, 2.45) is 0 Å². The van der Waals surface area contributed by atoms with Gasteiger partial charge < -0.3 is 9.47 Å². The van der Waals surface area contributed by atoms with E-state index >= 15 is 0 Å². The van der Waals surface area contributed by atoms with E-state index in [0.717, 1.165) is 48.3 Å². The average molecular weight is 387 g/mol. The van der Waals surface area contributed by atoms with Gasteiger partial charge in [0.05, 0.1) is 6.61 Å². The van der Waals surface area contributed by atoms with Crippen LogP contribution in [0.15, 0.2) is 48.5 Å². The number of unbranched alkanes of at least 4 members (excludes halogenated alkanes) is 1. The number of fused-ring (bicyclic) bond motifs is 2. The molecule has 24 heavy (non-hydrogen) atoms. The van der Waals surface area contributed by atoms with E-state index < -0.39 is 0 Å². The average Bonchev–Trinajstić information content (AvgIpc) is 2.77. The second-order valence-corrected chi connectivity index (χ2v) is 6.69. The van der Waals surface area contributed by atoms with Crippen LogP contribution in [0, 0.1) is 0 Å². The molecule has 0 radical (unpaired) electrons. The van der Waals surface area contributed by atoms with Crippen molar-refractivity contribution in [3.05, 3.63) is 65.2 Å². The van der Waals surface area contributed by atoms with Crippen molar-refractivity contribution < 1.29 is 9.47 Å². The van der Waals surface area contributed by atoms with E-state index in [4.69, 9.17) is 9.47 Å². The van der Waals surface area contributed by atoms with Gasteiger partial charge in [-0.25, -0.2) is 0 Å². The zero-order valence-electron chi connectivity index (χ0n) is 14.1. The molecule has 0 N–H and O–H groups in total. The first-order chi connectivity index (χ1) is 11.8. The first-order valence-corrected chi connectivity index (χ1v) is 9.70. The Balaban J connectivity index is 2.02. The van der Waals surface area contributed by atoms with E-state index in [1.165, 1.54) is 16.7 Å². The smallest absolute Gasteiger partial charge is 0.127 e. The van der Waals surface area contributed by atoms with Crippen molar-refractivity contribution in [2.75, 3.05) is 11.9 Å². The monoisotopic (exact) mass is 386 g/mol. The summed E-state index contributed by atoms with van der Waals surface area (Å²) in [6, 6.07) is 14.6. The Hall–Kier alpha value is -1.74. The fourth-order valence-electron chi connectivity index (χ4n) is 2.90. The number of hydrogen-bond donors (Lipinski definition) is 0. The first-order valence-electron chi connectivity index (χ1n) is 8.58. The predicted octanol–water partition coefficient (Wildman–Crippen LogP) is 5.97. The number of benzene rings is 2. The van der Waals surface area contributed by atoms with Crippen LogP contribution in [0.5, 0.6) is 11.5 Å². The van der Waals surface area contributed by atoms with E-state index in [1.54, 1.807) is 0 Å².